The molecule has 0 fully saturated rings. The van der Waals surface area contributed by atoms with Gasteiger partial charge < -0.3 is 25.3 Å². The highest BCUT2D eigenvalue weighted by atomic mass is 16.4. The Bertz CT molecular complexity index is 271. The smallest absolute Gasteiger partial charge is 0.328 e. The Balaban J connectivity index is 4.40. The van der Waals surface area contributed by atoms with Gasteiger partial charge in [-0.15, -0.1) is 0 Å². The van der Waals surface area contributed by atoms with Gasteiger partial charge in [0.1, 0.15) is 0 Å². The highest BCUT2D eigenvalue weighted by Crippen LogP contribution is 1.95. The van der Waals surface area contributed by atoms with Crippen LogP contribution in [0.4, 0.5) is 4.79 Å². The van der Waals surface area contributed by atoms with Gasteiger partial charge in [0.25, 0.3) is 0 Å². The summed E-state index contributed by atoms with van der Waals surface area (Å²) in [6.07, 6.45) is 0.789. The number of hydrogen-bond donors (Lipinski definition) is 3. The molecule has 1 atom stereocenters. The lowest BCUT2D eigenvalue weighted by Crippen LogP contribution is -2.50. The van der Waals surface area contributed by atoms with Gasteiger partial charge in [0.05, 0.1) is 6.61 Å². The Labute approximate surface area is 107 Å². The SMILES string of the molecule is CCCN(CCN(C)C)C(=O)N[C@@H](CO)C(=O)O. The number of carbonyl (C=O) groups is 2. The lowest BCUT2D eigenvalue weighted by atomic mass is 10.3. The molecule has 0 aliphatic heterocycles. The van der Waals surface area contributed by atoms with E-state index in [-0.39, 0.29) is 0 Å². The second-order valence-electron chi connectivity index (χ2n) is 4.31. The zero-order chi connectivity index (χ0) is 14.1. The monoisotopic (exact) mass is 261 g/mol. The van der Waals surface area contributed by atoms with Crippen molar-refractivity contribution in [1.82, 2.24) is 15.1 Å². The number of rotatable bonds is 8. The quantitative estimate of drug-likeness (QED) is 0.543. The van der Waals surface area contributed by atoms with Gasteiger partial charge in [0, 0.05) is 19.6 Å². The Morgan fingerprint density at radius 3 is 2.22 bits per heavy atom. The summed E-state index contributed by atoms with van der Waals surface area (Å²) in [5.41, 5.74) is 0. The van der Waals surface area contributed by atoms with Crippen LogP contribution in [0.2, 0.25) is 0 Å². The van der Waals surface area contributed by atoms with E-state index in [0.717, 1.165) is 6.42 Å². The van der Waals surface area contributed by atoms with Crippen molar-refractivity contribution in [2.24, 2.45) is 0 Å². The maximum atomic E-state index is 11.8. The van der Waals surface area contributed by atoms with Crippen molar-refractivity contribution in [2.75, 3.05) is 40.3 Å². The topological polar surface area (TPSA) is 93.1 Å². The average molecular weight is 261 g/mol. The third kappa shape index (κ3) is 6.41. The summed E-state index contributed by atoms with van der Waals surface area (Å²) >= 11 is 0. The Hall–Kier alpha value is -1.34. The van der Waals surface area contributed by atoms with Gasteiger partial charge in [-0.2, -0.15) is 0 Å². The lowest BCUT2D eigenvalue weighted by molar-refractivity contribution is -0.140. The molecule has 7 nitrogen and oxygen atoms in total. The van der Waals surface area contributed by atoms with E-state index in [9.17, 15) is 9.59 Å². The summed E-state index contributed by atoms with van der Waals surface area (Å²) in [6.45, 7) is 3.09. The molecule has 7 heteroatoms. The van der Waals surface area contributed by atoms with Crippen molar-refractivity contribution >= 4 is 12.0 Å². The van der Waals surface area contributed by atoms with E-state index < -0.39 is 24.6 Å². The Morgan fingerprint density at radius 2 is 1.83 bits per heavy atom. The van der Waals surface area contributed by atoms with Crippen LogP contribution in [0.25, 0.3) is 0 Å². The van der Waals surface area contributed by atoms with E-state index in [1.54, 1.807) is 4.90 Å². The average Bonchev–Trinajstić information content (AvgIpc) is 2.30. The van der Waals surface area contributed by atoms with Crippen molar-refractivity contribution < 1.29 is 19.8 Å². The number of aliphatic carboxylic acids is 1. The first kappa shape index (κ1) is 16.7. The summed E-state index contributed by atoms with van der Waals surface area (Å²) in [5.74, 6) is -1.24. The molecular formula is C11H23N3O4. The molecule has 0 aliphatic carbocycles. The van der Waals surface area contributed by atoms with Gasteiger partial charge in [-0.3, -0.25) is 0 Å². The zero-order valence-electron chi connectivity index (χ0n) is 11.2. The third-order valence-electron chi connectivity index (χ3n) is 2.38. The van der Waals surface area contributed by atoms with Gasteiger partial charge in [-0.05, 0) is 20.5 Å². The van der Waals surface area contributed by atoms with Gasteiger partial charge in [0.15, 0.2) is 6.04 Å². The van der Waals surface area contributed by atoms with Crippen LogP contribution in [0.5, 0.6) is 0 Å². The van der Waals surface area contributed by atoms with Gasteiger partial charge in [-0.25, -0.2) is 9.59 Å². The van der Waals surface area contributed by atoms with Crippen LogP contribution in [0, 0.1) is 0 Å². The van der Waals surface area contributed by atoms with E-state index in [4.69, 9.17) is 10.2 Å². The molecule has 18 heavy (non-hydrogen) atoms. The third-order valence-corrected chi connectivity index (χ3v) is 2.38. The van der Waals surface area contributed by atoms with Crippen LogP contribution < -0.4 is 5.32 Å². The molecule has 3 N–H and O–H groups in total. The first-order valence-electron chi connectivity index (χ1n) is 5.96. The second kappa shape index (κ2) is 8.71. The molecule has 0 saturated carbocycles. The number of nitrogens with one attached hydrogen (secondary N) is 1. The molecule has 0 saturated heterocycles. The van der Waals surface area contributed by atoms with E-state index in [1.165, 1.54) is 0 Å². The van der Waals surface area contributed by atoms with Crippen molar-refractivity contribution in [1.29, 1.82) is 0 Å². The van der Waals surface area contributed by atoms with E-state index >= 15 is 0 Å². The minimum Gasteiger partial charge on any atom is -0.480 e. The van der Waals surface area contributed by atoms with Crippen molar-refractivity contribution in [3.8, 4) is 0 Å². The summed E-state index contributed by atoms with van der Waals surface area (Å²) in [7, 11) is 3.80. The number of urea groups is 1. The molecule has 0 aliphatic rings. The summed E-state index contributed by atoms with van der Waals surface area (Å²) in [4.78, 5) is 26.0. The predicted octanol–water partition coefficient (Wildman–Crippen LogP) is -0.585. The number of nitrogens with zero attached hydrogens (tertiary/aromatic N) is 2. The molecule has 0 bridgehead atoms. The zero-order valence-corrected chi connectivity index (χ0v) is 11.2. The van der Waals surface area contributed by atoms with Crippen molar-refractivity contribution in [3.63, 3.8) is 0 Å². The molecular weight excluding hydrogens is 238 g/mol. The molecule has 0 heterocycles. The highest BCUT2D eigenvalue weighted by molar-refractivity contribution is 5.82. The number of hydrogen-bond acceptors (Lipinski definition) is 4. The molecule has 0 spiro atoms. The summed E-state index contributed by atoms with van der Waals surface area (Å²) in [5, 5.41) is 19.9. The highest BCUT2D eigenvalue weighted by Gasteiger charge is 2.21. The summed E-state index contributed by atoms with van der Waals surface area (Å²) in [6, 6.07) is -1.71. The Morgan fingerprint density at radius 1 is 1.22 bits per heavy atom. The maximum absolute atomic E-state index is 11.8. The van der Waals surface area contributed by atoms with Gasteiger partial charge >= 0.3 is 12.0 Å². The van der Waals surface area contributed by atoms with E-state index in [1.807, 2.05) is 25.9 Å². The summed E-state index contributed by atoms with van der Waals surface area (Å²) < 4.78 is 0. The maximum Gasteiger partial charge on any atom is 0.328 e. The fraction of sp³-hybridized carbons (Fsp3) is 0.818. The first-order chi connectivity index (χ1) is 8.42. The first-order valence-corrected chi connectivity index (χ1v) is 5.96. The molecule has 106 valence electrons. The van der Waals surface area contributed by atoms with Crippen LogP contribution >= 0.6 is 0 Å². The van der Waals surface area contributed by atoms with Gasteiger partial charge in [0.2, 0.25) is 0 Å². The fourth-order valence-corrected chi connectivity index (χ4v) is 1.33. The number of carboxylic acids is 1. The minimum atomic E-state index is -1.25. The number of aliphatic hydroxyl groups is 1. The van der Waals surface area contributed by atoms with Crippen LogP contribution in [-0.4, -0.2) is 78.4 Å². The number of likely N-dealkylation sites (N-methyl/N-ethyl adjacent to an activating group) is 1. The van der Waals surface area contributed by atoms with Crippen molar-refractivity contribution in [2.45, 2.75) is 19.4 Å². The van der Waals surface area contributed by atoms with Crippen LogP contribution in [0.3, 0.4) is 0 Å². The molecule has 0 aromatic rings. The van der Waals surface area contributed by atoms with E-state index in [2.05, 4.69) is 5.32 Å². The van der Waals surface area contributed by atoms with Gasteiger partial charge in [-0.1, -0.05) is 6.92 Å². The largest absolute Gasteiger partial charge is 0.480 e. The minimum absolute atomic E-state index is 0.458. The molecule has 0 aromatic carbocycles. The van der Waals surface area contributed by atoms with Crippen LogP contribution in [0.1, 0.15) is 13.3 Å². The molecule has 0 rings (SSSR count). The Kier molecular flexibility index (Phi) is 8.06. The normalized spacial score (nSPS) is 12.3. The number of amides is 2. The number of aliphatic hydroxyl groups excluding tert-OH is 1. The van der Waals surface area contributed by atoms with E-state index in [0.29, 0.717) is 19.6 Å². The fourth-order valence-electron chi connectivity index (χ4n) is 1.33. The number of carboxylic acid groups (broad SMARTS) is 1. The molecule has 2 amide bonds. The second-order valence-corrected chi connectivity index (χ2v) is 4.31. The lowest BCUT2D eigenvalue weighted by Gasteiger charge is -2.25. The molecule has 0 unspecified atom stereocenters. The predicted molar refractivity (Wildman–Crippen MR) is 67.5 cm³/mol. The van der Waals surface area contributed by atoms with Crippen LogP contribution in [0.15, 0.2) is 0 Å². The standard InChI is InChI=1S/C11H23N3O4/c1-4-5-14(7-6-13(2)3)11(18)12-9(8-15)10(16)17/h9,15H,4-8H2,1-3H3,(H,12,18)(H,16,17)/t9-/m0/s1. The molecule has 0 radical (unpaired) electrons. The van der Waals surface area contributed by atoms with Crippen LogP contribution in [-0.2, 0) is 4.79 Å². The molecule has 0 aromatic heterocycles. The van der Waals surface area contributed by atoms with Crippen molar-refractivity contribution in [3.05, 3.63) is 0 Å². The number of carbonyl (C=O) groups excluding carboxylic acids is 1.